The van der Waals surface area contributed by atoms with Crippen molar-refractivity contribution in [2.24, 2.45) is 0 Å². The minimum Gasteiger partial charge on any atom is -0.440 e. The first-order valence-electron chi connectivity index (χ1n) is 7.66. The van der Waals surface area contributed by atoms with Crippen molar-refractivity contribution in [1.82, 2.24) is 19.5 Å². The number of nitrogens with zero attached hydrogens (tertiary/aromatic N) is 4. The molecule has 1 saturated heterocycles. The van der Waals surface area contributed by atoms with E-state index in [0.29, 0.717) is 17.1 Å². The number of hydrogen-bond donors (Lipinski definition) is 0. The Labute approximate surface area is 137 Å². The number of hydrogen-bond acceptors (Lipinski definition) is 6. The molecule has 0 radical (unpaired) electrons. The lowest BCUT2D eigenvalue weighted by atomic mass is 9.98. The van der Waals surface area contributed by atoms with E-state index >= 15 is 0 Å². The minimum atomic E-state index is 0.0123. The highest BCUT2D eigenvalue weighted by Gasteiger charge is 2.30. The van der Waals surface area contributed by atoms with Crippen molar-refractivity contribution in [2.45, 2.75) is 25.7 Å². The summed E-state index contributed by atoms with van der Waals surface area (Å²) >= 11 is 1.16. The molecule has 1 aliphatic rings. The van der Waals surface area contributed by atoms with Crippen LogP contribution in [0.3, 0.4) is 0 Å². The fourth-order valence-corrected chi connectivity index (χ4v) is 3.62. The van der Waals surface area contributed by atoms with Crippen LogP contribution in [0.2, 0.25) is 0 Å². The average molecular weight is 328 g/mol. The predicted octanol–water partition coefficient (Wildman–Crippen LogP) is 3.01. The molecule has 0 N–H and O–H groups in total. The average Bonchev–Trinajstić information content (AvgIpc) is 3.20. The van der Waals surface area contributed by atoms with Crippen molar-refractivity contribution >= 4 is 28.5 Å². The van der Waals surface area contributed by atoms with E-state index in [-0.39, 0.29) is 11.8 Å². The van der Waals surface area contributed by atoms with E-state index < -0.39 is 0 Å². The van der Waals surface area contributed by atoms with Crippen LogP contribution in [0.15, 0.2) is 28.7 Å². The van der Waals surface area contributed by atoms with Gasteiger partial charge in [0.15, 0.2) is 11.5 Å². The minimum absolute atomic E-state index is 0.0123. The van der Waals surface area contributed by atoms with Crippen LogP contribution in [-0.2, 0) is 0 Å². The van der Waals surface area contributed by atoms with E-state index in [1.165, 1.54) is 0 Å². The molecule has 6 nitrogen and oxygen atoms in total. The highest BCUT2D eigenvalue weighted by molar-refractivity contribution is 7.07. The maximum absolute atomic E-state index is 12.6. The molecule has 7 heteroatoms. The van der Waals surface area contributed by atoms with Gasteiger partial charge in [0.05, 0.1) is 11.6 Å². The third kappa shape index (κ3) is 2.61. The topological polar surface area (TPSA) is 72.1 Å². The first kappa shape index (κ1) is 14.3. The summed E-state index contributed by atoms with van der Waals surface area (Å²) in [5, 5.41) is 3.93. The smallest absolute Gasteiger partial charge is 0.267 e. The maximum atomic E-state index is 12.6. The summed E-state index contributed by atoms with van der Waals surface area (Å²) in [6.45, 7) is 3.20. The number of carbonyl (C=O) groups excluding carboxylic acids is 1. The summed E-state index contributed by atoms with van der Waals surface area (Å²) in [5.74, 6) is 0.877. The summed E-state index contributed by atoms with van der Waals surface area (Å²) in [7, 11) is 0. The lowest BCUT2D eigenvalue weighted by Gasteiger charge is -2.30. The molecule has 3 heterocycles. The molecular weight excluding hydrogens is 312 g/mol. The summed E-state index contributed by atoms with van der Waals surface area (Å²) in [6, 6.07) is 7.75. The number of likely N-dealkylation sites (tertiary alicyclic amines) is 1. The number of fused-ring (bicyclic) bond motifs is 1. The number of aromatic nitrogens is 3. The maximum Gasteiger partial charge on any atom is 0.267 e. The fourth-order valence-electron chi connectivity index (χ4n) is 3.00. The number of amides is 1. The van der Waals surface area contributed by atoms with Crippen LogP contribution in [0.4, 0.5) is 0 Å². The normalized spacial score (nSPS) is 18.5. The van der Waals surface area contributed by atoms with Crippen LogP contribution in [0.1, 0.15) is 40.0 Å². The van der Waals surface area contributed by atoms with E-state index in [2.05, 4.69) is 14.6 Å². The molecule has 1 fully saturated rings. The van der Waals surface area contributed by atoms with Crippen molar-refractivity contribution < 1.29 is 9.21 Å². The molecule has 118 valence electrons. The van der Waals surface area contributed by atoms with Gasteiger partial charge in [0.25, 0.3) is 5.91 Å². The van der Waals surface area contributed by atoms with Crippen molar-refractivity contribution in [2.75, 3.05) is 13.1 Å². The van der Waals surface area contributed by atoms with Crippen LogP contribution in [0.5, 0.6) is 0 Å². The van der Waals surface area contributed by atoms with Gasteiger partial charge in [-0.05, 0) is 43.4 Å². The monoisotopic (exact) mass is 328 g/mol. The van der Waals surface area contributed by atoms with E-state index in [1.54, 1.807) is 0 Å². The molecule has 0 bridgehead atoms. The molecule has 0 aliphatic carbocycles. The van der Waals surface area contributed by atoms with Gasteiger partial charge in [0.1, 0.15) is 10.4 Å². The van der Waals surface area contributed by atoms with E-state index in [9.17, 15) is 4.79 Å². The van der Waals surface area contributed by atoms with Gasteiger partial charge < -0.3 is 9.32 Å². The van der Waals surface area contributed by atoms with Gasteiger partial charge in [-0.2, -0.15) is 0 Å². The SMILES string of the molecule is Cc1nnsc1C(=O)N1CCCC(c2nc3ccccc3o2)C1. The van der Waals surface area contributed by atoms with Crippen LogP contribution >= 0.6 is 11.5 Å². The molecule has 1 aromatic carbocycles. The zero-order valence-corrected chi connectivity index (χ0v) is 13.5. The van der Waals surface area contributed by atoms with Gasteiger partial charge in [0.2, 0.25) is 0 Å². The van der Waals surface area contributed by atoms with Gasteiger partial charge in [-0.1, -0.05) is 16.6 Å². The second-order valence-electron chi connectivity index (χ2n) is 5.80. The molecule has 1 amide bonds. The van der Waals surface area contributed by atoms with Gasteiger partial charge in [0, 0.05) is 13.1 Å². The Bertz CT molecular complexity index is 824. The molecule has 23 heavy (non-hydrogen) atoms. The Hall–Kier alpha value is -2.28. The Morgan fingerprint density at radius 1 is 1.39 bits per heavy atom. The Morgan fingerprint density at radius 3 is 3.04 bits per heavy atom. The summed E-state index contributed by atoms with van der Waals surface area (Å²) in [6.07, 6.45) is 1.93. The van der Waals surface area contributed by atoms with Crippen LogP contribution in [0.25, 0.3) is 11.1 Å². The molecule has 4 rings (SSSR count). The number of aryl methyl sites for hydroxylation is 1. The molecule has 3 aromatic rings. The standard InChI is InChI=1S/C16H16N4O2S/c1-10-14(23-19-18-10)16(21)20-8-4-5-11(9-20)15-17-12-6-2-3-7-13(12)22-15/h2-3,6-7,11H,4-5,8-9H2,1H3. The molecule has 2 aromatic heterocycles. The van der Waals surface area contributed by atoms with E-state index in [4.69, 9.17) is 4.42 Å². The van der Waals surface area contributed by atoms with E-state index in [1.807, 2.05) is 36.1 Å². The van der Waals surface area contributed by atoms with Crippen LogP contribution < -0.4 is 0 Å². The van der Waals surface area contributed by atoms with Gasteiger partial charge in [-0.3, -0.25) is 4.79 Å². The van der Waals surface area contributed by atoms with Crippen molar-refractivity contribution in [3.8, 4) is 0 Å². The molecule has 0 spiro atoms. The van der Waals surface area contributed by atoms with Crippen molar-refractivity contribution in [3.63, 3.8) is 0 Å². The van der Waals surface area contributed by atoms with Gasteiger partial charge in [-0.25, -0.2) is 4.98 Å². The second kappa shape index (κ2) is 5.73. The van der Waals surface area contributed by atoms with Crippen LogP contribution in [-0.4, -0.2) is 38.5 Å². The Balaban J connectivity index is 1.57. The number of rotatable bonds is 2. The molecular formula is C16H16N4O2S. The van der Waals surface area contributed by atoms with E-state index in [0.717, 1.165) is 47.9 Å². The fraction of sp³-hybridized carbons (Fsp3) is 0.375. The largest absolute Gasteiger partial charge is 0.440 e. The summed E-state index contributed by atoms with van der Waals surface area (Å²) in [4.78, 5) is 19.7. The number of benzene rings is 1. The molecule has 1 aliphatic heterocycles. The number of carbonyl (C=O) groups is 1. The van der Waals surface area contributed by atoms with Crippen molar-refractivity contribution in [1.29, 1.82) is 0 Å². The quantitative estimate of drug-likeness (QED) is 0.723. The van der Waals surface area contributed by atoms with Crippen LogP contribution in [0, 0.1) is 6.92 Å². The highest BCUT2D eigenvalue weighted by atomic mass is 32.1. The lowest BCUT2D eigenvalue weighted by molar-refractivity contribution is 0.0703. The lowest BCUT2D eigenvalue weighted by Crippen LogP contribution is -2.39. The second-order valence-corrected chi connectivity index (χ2v) is 6.55. The Morgan fingerprint density at radius 2 is 2.26 bits per heavy atom. The zero-order chi connectivity index (χ0) is 15.8. The number of para-hydroxylation sites is 2. The number of piperidine rings is 1. The molecule has 1 unspecified atom stereocenters. The summed E-state index contributed by atoms with van der Waals surface area (Å²) in [5.41, 5.74) is 2.37. The summed E-state index contributed by atoms with van der Waals surface area (Å²) < 4.78 is 9.74. The number of oxazole rings is 1. The third-order valence-corrected chi connectivity index (χ3v) is 5.03. The molecule has 0 saturated carbocycles. The third-order valence-electron chi connectivity index (χ3n) is 4.21. The predicted molar refractivity (Wildman–Crippen MR) is 86.5 cm³/mol. The Kier molecular flexibility index (Phi) is 3.57. The van der Waals surface area contributed by atoms with Gasteiger partial charge in [-0.15, -0.1) is 5.10 Å². The zero-order valence-electron chi connectivity index (χ0n) is 12.7. The van der Waals surface area contributed by atoms with Gasteiger partial charge >= 0.3 is 0 Å². The highest BCUT2D eigenvalue weighted by Crippen LogP contribution is 2.30. The first-order valence-corrected chi connectivity index (χ1v) is 8.43. The first-order chi connectivity index (χ1) is 11.2. The van der Waals surface area contributed by atoms with Crippen molar-refractivity contribution in [3.05, 3.63) is 40.7 Å². The molecule has 1 atom stereocenters.